The second kappa shape index (κ2) is 9.51. The third-order valence-electron chi connectivity index (χ3n) is 5.98. The number of aryl methyl sites for hydroxylation is 3. The predicted octanol–water partition coefficient (Wildman–Crippen LogP) is 6.30. The van der Waals surface area contributed by atoms with Crippen LogP contribution in [0, 0.1) is 33.1 Å². The summed E-state index contributed by atoms with van der Waals surface area (Å²) in [7, 11) is 0. The Kier molecular flexibility index (Phi) is 6.70. The summed E-state index contributed by atoms with van der Waals surface area (Å²) in [5, 5.41) is 16.2. The van der Waals surface area contributed by atoms with Crippen LogP contribution in [0.1, 0.15) is 67.1 Å². The number of unbranched alkanes of at least 4 members (excludes halogenated alkanes) is 3. The second-order valence-electron chi connectivity index (χ2n) is 8.83. The molecule has 3 heterocycles. The Bertz CT molecular complexity index is 1200. The number of thioether (sulfide) groups is 1. The van der Waals surface area contributed by atoms with Crippen molar-refractivity contribution in [3.63, 3.8) is 0 Å². The Balaban J connectivity index is 1.62. The molecule has 1 N–H and O–H groups in total. The zero-order valence-electron chi connectivity index (χ0n) is 20.0. The molecule has 0 saturated heterocycles. The monoisotopic (exact) mass is 461 g/mol. The van der Waals surface area contributed by atoms with Crippen molar-refractivity contribution in [2.75, 3.05) is 0 Å². The van der Waals surface area contributed by atoms with E-state index in [1.807, 2.05) is 6.92 Å². The fourth-order valence-electron chi connectivity index (χ4n) is 4.40. The maximum atomic E-state index is 12.8. The molecule has 2 aliphatic heterocycles. The Morgan fingerprint density at radius 1 is 1.03 bits per heavy atom. The van der Waals surface area contributed by atoms with E-state index in [-0.39, 0.29) is 17.3 Å². The van der Waals surface area contributed by atoms with E-state index in [4.69, 9.17) is 5.41 Å². The normalized spacial score (nSPS) is 17.0. The maximum Gasteiger partial charge on any atom is 0.283 e. The zero-order chi connectivity index (χ0) is 23.7. The molecule has 4 rings (SSSR count). The molecule has 0 aliphatic carbocycles. The molecule has 0 spiro atoms. The third kappa shape index (κ3) is 4.74. The van der Waals surface area contributed by atoms with E-state index < -0.39 is 0 Å². The van der Waals surface area contributed by atoms with Crippen molar-refractivity contribution >= 4 is 39.8 Å². The SMILES string of the molecule is CCCCCCC1=NN2C(=N)C(=Cc3cc(C)n(-c4cc(C)cc(C)c4)c3C)C(=O)N=C2S1. The predicted molar refractivity (Wildman–Crippen MR) is 138 cm³/mol. The lowest BCUT2D eigenvalue weighted by Crippen LogP contribution is -2.35. The van der Waals surface area contributed by atoms with Crippen LogP contribution in [0.25, 0.3) is 11.8 Å². The largest absolute Gasteiger partial charge is 0.318 e. The molecule has 7 heteroatoms. The van der Waals surface area contributed by atoms with Crippen molar-refractivity contribution < 1.29 is 4.79 Å². The van der Waals surface area contributed by atoms with Gasteiger partial charge in [-0.1, -0.05) is 32.3 Å². The van der Waals surface area contributed by atoms with Crippen LogP contribution in [0.2, 0.25) is 0 Å². The van der Waals surface area contributed by atoms with Gasteiger partial charge < -0.3 is 4.57 Å². The highest BCUT2D eigenvalue weighted by atomic mass is 32.2. The molecular formula is C26H31N5OS. The quantitative estimate of drug-likeness (QED) is 0.388. The van der Waals surface area contributed by atoms with Gasteiger partial charge >= 0.3 is 0 Å². The number of hydrogen-bond acceptors (Lipinski definition) is 4. The first-order valence-corrected chi connectivity index (χ1v) is 12.4. The number of aromatic nitrogens is 1. The number of aliphatic imine (C=N–C) groups is 1. The van der Waals surface area contributed by atoms with Crippen molar-refractivity contribution in [1.82, 2.24) is 9.58 Å². The summed E-state index contributed by atoms with van der Waals surface area (Å²) >= 11 is 1.41. The van der Waals surface area contributed by atoms with Crippen LogP contribution in [-0.4, -0.2) is 31.5 Å². The molecule has 1 amide bonds. The van der Waals surface area contributed by atoms with Crippen LogP contribution in [0.15, 0.2) is 39.9 Å². The Labute approximate surface area is 200 Å². The summed E-state index contributed by atoms with van der Waals surface area (Å²) in [6.07, 6.45) is 7.28. The molecular weight excluding hydrogens is 430 g/mol. The van der Waals surface area contributed by atoms with E-state index in [0.717, 1.165) is 40.5 Å². The molecule has 0 radical (unpaired) electrons. The zero-order valence-corrected chi connectivity index (χ0v) is 20.8. The van der Waals surface area contributed by atoms with Gasteiger partial charge in [0.15, 0.2) is 5.84 Å². The molecule has 2 aromatic rings. The number of rotatable bonds is 7. The van der Waals surface area contributed by atoms with E-state index in [2.05, 4.69) is 66.6 Å². The Hall–Kier alpha value is -2.93. The van der Waals surface area contributed by atoms with Crippen molar-refractivity contribution in [3.8, 4) is 5.69 Å². The van der Waals surface area contributed by atoms with Crippen molar-refractivity contribution in [1.29, 1.82) is 5.41 Å². The number of hydrogen-bond donors (Lipinski definition) is 1. The first-order valence-electron chi connectivity index (χ1n) is 11.5. The highest BCUT2D eigenvalue weighted by molar-refractivity contribution is 8.26. The number of amidine groups is 2. The number of nitrogens with zero attached hydrogens (tertiary/aromatic N) is 4. The molecule has 0 unspecified atom stereocenters. The lowest BCUT2D eigenvalue weighted by atomic mass is 10.1. The fourth-order valence-corrected chi connectivity index (χ4v) is 5.33. The minimum atomic E-state index is -0.377. The third-order valence-corrected chi connectivity index (χ3v) is 6.94. The molecule has 6 nitrogen and oxygen atoms in total. The van der Waals surface area contributed by atoms with Crippen LogP contribution in [0.3, 0.4) is 0 Å². The number of amides is 1. The minimum absolute atomic E-state index is 0.0947. The maximum absolute atomic E-state index is 12.8. The number of nitrogens with one attached hydrogen (secondary N) is 1. The molecule has 1 aromatic heterocycles. The molecule has 0 fully saturated rings. The molecule has 2 aliphatic rings. The van der Waals surface area contributed by atoms with Gasteiger partial charge in [0.25, 0.3) is 5.91 Å². The summed E-state index contributed by atoms with van der Waals surface area (Å²) in [6, 6.07) is 8.53. The van der Waals surface area contributed by atoms with Gasteiger partial charge in [0, 0.05) is 17.1 Å². The minimum Gasteiger partial charge on any atom is -0.318 e. The summed E-state index contributed by atoms with van der Waals surface area (Å²) < 4.78 is 2.19. The first kappa shape index (κ1) is 23.2. The highest BCUT2D eigenvalue weighted by Gasteiger charge is 2.35. The van der Waals surface area contributed by atoms with E-state index in [1.165, 1.54) is 47.2 Å². The van der Waals surface area contributed by atoms with E-state index in [0.29, 0.717) is 5.17 Å². The summed E-state index contributed by atoms with van der Waals surface area (Å²) in [4.78, 5) is 17.1. The van der Waals surface area contributed by atoms with Gasteiger partial charge in [-0.15, -0.1) is 0 Å². The summed E-state index contributed by atoms with van der Waals surface area (Å²) in [6.45, 7) is 10.5. The lowest BCUT2D eigenvalue weighted by molar-refractivity contribution is -0.114. The number of fused-ring (bicyclic) bond motifs is 1. The van der Waals surface area contributed by atoms with Gasteiger partial charge in [0.1, 0.15) is 5.04 Å². The number of hydrazone groups is 1. The van der Waals surface area contributed by atoms with Gasteiger partial charge in [0.05, 0.1) is 5.57 Å². The number of carbonyl (C=O) groups excluding carboxylic acids is 1. The van der Waals surface area contributed by atoms with Gasteiger partial charge in [-0.25, -0.2) is 0 Å². The molecule has 0 atom stereocenters. The van der Waals surface area contributed by atoms with E-state index in [9.17, 15) is 4.79 Å². The van der Waals surface area contributed by atoms with E-state index >= 15 is 0 Å². The van der Waals surface area contributed by atoms with Gasteiger partial charge in [-0.05, 0) is 93.3 Å². The average molecular weight is 462 g/mol. The molecule has 33 heavy (non-hydrogen) atoms. The van der Waals surface area contributed by atoms with E-state index in [1.54, 1.807) is 6.08 Å². The van der Waals surface area contributed by atoms with Crippen molar-refractivity contribution in [2.45, 2.75) is 66.7 Å². The molecule has 172 valence electrons. The van der Waals surface area contributed by atoms with Gasteiger partial charge in [-0.2, -0.15) is 15.1 Å². The molecule has 0 bridgehead atoms. The van der Waals surface area contributed by atoms with Gasteiger partial charge in [0.2, 0.25) is 5.17 Å². The van der Waals surface area contributed by atoms with Crippen LogP contribution < -0.4 is 0 Å². The van der Waals surface area contributed by atoms with Crippen LogP contribution in [0.4, 0.5) is 0 Å². The van der Waals surface area contributed by atoms with Gasteiger partial charge in [-0.3, -0.25) is 10.2 Å². The van der Waals surface area contributed by atoms with Crippen LogP contribution >= 0.6 is 11.8 Å². The Morgan fingerprint density at radius 2 is 1.76 bits per heavy atom. The molecule has 1 aromatic carbocycles. The van der Waals surface area contributed by atoms with Crippen LogP contribution in [-0.2, 0) is 4.79 Å². The van der Waals surface area contributed by atoms with Crippen LogP contribution in [0.5, 0.6) is 0 Å². The first-order chi connectivity index (χ1) is 15.8. The summed E-state index contributed by atoms with van der Waals surface area (Å²) in [5.41, 5.74) is 6.80. The standard InChI is InChI=1S/C26H31N5OS/c1-6-7-8-9-10-23-29-31-24(27)22(25(32)28-26(31)33-23)15-20-14-18(4)30(19(20)5)21-12-16(2)11-17(3)13-21/h11-15,27H,6-10H2,1-5H3. The smallest absolute Gasteiger partial charge is 0.283 e. The average Bonchev–Trinajstić information content (AvgIpc) is 3.27. The fraction of sp³-hybridized carbons (Fsp3) is 0.385. The van der Waals surface area contributed by atoms with Crippen molar-refractivity contribution in [3.05, 3.63) is 57.9 Å². The summed E-state index contributed by atoms with van der Waals surface area (Å²) in [5.74, 6) is -0.283. The topological polar surface area (TPSA) is 73.8 Å². The Morgan fingerprint density at radius 3 is 2.45 bits per heavy atom. The number of benzene rings is 1. The lowest BCUT2D eigenvalue weighted by Gasteiger charge is -2.20. The number of carbonyl (C=O) groups is 1. The second-order valence-corrected chi connectivity index (χ2v) is 9.87. The van der Waals surface area contributed by atoms with Crippen molar-refractivity contribution in [2.24, 2.45) is 10.1 Å². The highest BCUT2D eigenvalue weighted by Crippen LogP contribution is 2.31. The molecule has 0 saturated carbocycles.